The minimum absolute atomic E-state index is 0.140. The molecule has 0 aliphatic heterocycles. The van der Waals surface area contributed by atoms with Crippen molar-refractivity contribution in [2.45, 2.75) is 45.1 Å². The van der Waals surface area contributed by atoms with E-state index in [0.717, 1.165) is 24.8 Å². The predicted octanol–water partition coefficient (Wildman–Crippen LogP) is 3.46. The van der Waals surface area contributed by atoms with Crippen molar-refractivity contribution in [3.8, 4) is 5.75 Å². The maximum Gasteiger partial charge on any atom is 0.165 e. The molecule has 0 amide bonds. The Morgan fingerprint density at radius 2 is 2.06 bits per heavy atom. The smallest absolute Gasteiger partial charge is 0.165 e. The van der Waals surface area contributed by atoms with Crippen molar-refractivity contribution in [3.63, 3.8) is 0 Å². The van der Waals surface area contributed by atoms with Gasteiger partial charge in [0.25, 0.3) is 0 Å². The first-order valence-corrected chi connectivity index (χ1v) is 6.68. The van der Waals surface area contributed by atoms with Gasteiger partial charge in [-0.1, -0.05) is 19.9 Å². The molecule has 0 spiro atoms. The highest BCUT2D eigenvalue weighted by Crippen LogP contribution is 2.56. The zero-order valence-corrected chi connectivity index (χ0v) is 11.4. The van der Waals surface area contributed by atoms with Gasteiger partial charge in [-0.2, -0.15) is 0 Å². The van der Waals surface area contributed by atoms with Crippen molar-refractivity contribution in [2.75, 3.05) is 7.11 Å². The van der Waals surface area contributed by atoms with E-state index in [2.05, 4.69) is 13.8 Å². The van der Waals surface area contributed by atoms with Crippen LogP contribution in [0, 0.1) is 11.2 Å². The summed E-state index contributed by atoms with van der Waals surface area (Å²) in [5.41, 5.74) is 7.38. The number of ether oxygens (including phenoxy) is 1. The lowest BCUT2D eigenvalue weighted by Gasteiger charge is -2.55. The Bertz CT molecular complexity index is 429. The first-order chi connectivity index (χ1) is 8.58. The van der Waals surface area contributed by atoms with Crippen LogP contribution in [0.1, 0.15) is 44.6 Å². The monoisotopic (exact) mass is 251 g/mol. The molecule has 0 radical (unpaired) electrons. The Morgan fingerprint density at radius 1 is 1.39 bits per heavy atom. The van der Waals surface area contributed by atoms with Crippen LogP contribution in [0.25, 0.3) is 0 Å². The van der Waals surface area contributed by atoms with Gasteiger partial charge >= 0.3 is 0 Å². The summed E-state index contributed by atoms with van der Waals surface area (Å²) in [6.07, 6.45) is 3.04. The third-order valence-electron chi connectivity index (χ3n) is 4.82. The summed E-state index contributed by atoms with van der Waals surface area (Å²) < 4.78 is 18.7. The maximum absolute atomic E-state index is 13.8. The Balaban J connectivity index is 2.30. The van der Waals surface area contributed by atoms with Gasteiger partial charge in [-0.05, 0) is 48.3 Å². The van der Waals surface area contributed by atoms with Crippen LogP contribution in [-0.2, 0) is 0 Å². The van der Waals surface area contributed by atoms with Gasteiger partial charge in [-0.25, -0.2) is 4.39 Å². The molecule has 18 heavy (non-hydrogen) atoms. The number of rotatable bonds is 4. The zero-order chi connectivity index (χ0) is 13.3. The van der Waals surface area contributed by atoms with Crippen LogP contribution in [0.5, 0.6) is 5.75 Å². The van der Waals surface area contributed by atoms with Crippen LogP contribution >= 0.6 is 0 Å². The summed E-state index contributed by atoms with van der Waals surface area (Å²) in [6, 6.07) is 5.53. The first-order valence-electron chi connectivity index (χ1n) is 6.68. The second kappa shape index (κ2) is 4.88. The van der Waals surface area contributed by atoms with Crippen molar-refractivity contribution >= 4 is 0 Å². The SMILES string of the molecule is CCC1(CC)C(N)CC1c1ccc(OC)c(F)c1. The van der Waals surface area contributed by atoms with E-state index in [1.807, 2.05) is 6.07 Å². The van der Waals surface area contributed by atoms with Gasteiger partial charge < -0.3 is 10.5 Å². The largest absolute Gasteiger partial charge is 0.494 e. The van der Waals surface area contributed by atoms with Crippen molar-refractivity contribution in [1.29, 1.82) is 0 Å². The Kier molecular flexibility index (Phi) is 3.62. The van der Waals surface area contributed by atoms with E-state index in [4.69, 9.17) is 10.5 Å². The van der Waals surface area contributed by atoms with E-state index >= 15 is 0 Å². The molecule has 1 aliphatic carbocycles. The van der Waals surface area contributed by atoms with Crippen LogP contribution in [0.4, 0.5) is 4.39 Å². The summed E-state index contributed by atoms with van der Waals surface area (Å²) in [7, 11) is 1.49. The number of methoxy groups -OCH3 is 1. The lowest BCUT2D eigenvalue weighted by atomic mass is 9.52. The van der Waals surface area contributed by atoms with Crippen LogP contribution in [-0.4, -0.2) is 13.2 Å². The molecule has 2 N–H and O–H groups in total. The van der Waals surface area contributed by atoms with Crippen molar-refractivity contribution in [2.24, 2.45) is 11.1 Å². The number of nitrogens with two attached hydrogens (primary N) is 1. The fourth-order valence-electron chi connectivity index (χ4n) is 3.46. The minimum Gasteiger partial charge on any atom is -0.494 e. The van der Waals surface area contributed by atoms with Crippen LogP contribution in [0.15, 0.2) is 18.2 Å². The number of hydrogen-bond donors (Lipinski definition) is 1. The molecule has 2 nitrogen and oxygen atoms in total. The van der Waals surface area contributed by atoms with Gasteiger partial charge in [0.05, 0.1) is 7.11 Å². The molecule has 1 aromatic carbocycles. The van der Waals surface area contributed by atoms with Crippen molar-refractivity contribution in [1.82, 2.24) is 0 Å². The predicted molar refractivity (Wildman–Crippen MR) is 71.3 cm³/mol. The molecule has 100 valence electrons. The van der Waals surface area contributed by atoms with Crippen LogP contribution < -0.4 is 10.5 Å². The number of hydrogen-bond acceptors (Lipinski definition) is 2. The van der Waals surface area contributed by atoms with Crippen LogP contribution in [0.2, 0.25) is 0 Å². The first kappa shape index (κ1) is 13.3. The Hall–Kier alpha value is -1.09. The van der Waals surface area contributed by atoms with Gasteiger partial charge in [-0.3, -0.25) is 0 Å². The second-order valence-corrected chi connectivity index (χ2v) is 5.23. The number of benzene rings is 1. The fourth-order valence-corrected chi connectivity index (χ4v) is 3.46. The highest BCUT2D eigenvalue weighted by atomic mass is 19.1. The molecule has 1 aliphatic rings. The Labute approximate surface area is 108 Å². The zero-order valence-electron chi connectivity index (χ0n) is 11.4. The highest BCUT2D eigenvalue weighted by Gasteiger charge is 2.51. The van der Waals surface area contributed by atoms with Gasteiger partial charge in [0.1, 0.15) is 0 Å². The average molecular weight is 251 g/mol. The summed E-state index contributed by atoms with van der Waals surface area (Å²) in [4.78, 5) is 0. The lowest BCUT2D eigenvalue weighted by molar-refractivity contribution is 0.0436. The van der Waals surface area contributed by atoms with E-state index < -0.39 is 0 Å². The van der Waals surface area contributed by atoms with Gasteiger partial charge in [0, 0.05) is 6.04 Å². The van der Waals surface area contributed by atoms with Crippen LogP contribution in [0.3, 0.4) is 0 Å². The maximum atomic E-state index is 13.8. The van der Waals surface area contributed by atoms with E-state index in [-0.39, 0.29) is 17.3 Å². The van der Waals surface area contributed by atoms with Gasteiger partial charge in [-0.15, -0.1) is 0 Å². The number of halogens is 1. The molecular weight excluding hydrogens is 229 g/mol. The molecule has 1 fully saturated rings. The standard InChI is InChI=1S/C15H22FNO/c1-4-15(5-2)11(9-14(15)17)10-6-7-13(18-3)12(16)8-10/h6-8,11,14H,4-5,9,17H2,1-3H3. The highest BCUT2D eigenvalue weighted by molar-refractivity contribution is 5.35. The molecule has 1 aromatic rings. The average Bonchev–Trinajstić information content (AvgIpc) is 2.37. The molecule has 2 atom stereocenters. The van der Waals surface area contributed by atoms with Gasteiger partial charge in [0.15, 0.2) is 11.6 Å². The molecule has 2 rings (SSSR count). The van der Waals surface area contributed by atoms with E-state index in [1.165, 1.54) is 7.11 Å². The Morgan fingerprint density at radius 3 is 2.50 bits per heavy atom. The molecule has 0 aromatic heterocycles. The third-order valence-corrected chi connectivity index (χ3v) is 4.82. The molecule has 0 bridgehead atoms. The van der Waals surface area contributed by atoms with E-state index in [0.29, 0.717) is 11.7 Å². The van der Waals surface area contributed by atoms with Gasteiger partial charge in [0.2, 0.25) is 0 Å². The normalized spacial score (nSPS) is 25.6. The van der Waals surface area contributed by atoms with E-state index in [9.17, 15) is 4.39 Å². The molecule has 0 saturated heterocycles. The third kappa shape index (κ3) is 1.81. The quantitative estimate of drug-likeness (QED) is 0.889. The fraction of sp³-hybridized carbons (Fsp3) is 0.600. The molecular formula is C15H22FNO. The van der Waals surface area contributed by atoms with Crippen molar-refractivity contribution in [3.05, 3.63) is 29.6 Å². The van der Waals surface area contributed by atoms with E-state index in [1.54, 1.807) is 12.1 Å². The molecule has 1 saturated carbocycles. The second-order valence-electron chi connectivity index (χ2n) is 5.23. The molecule has 0 heterocycles. The lowest BCUT2D eigenvalue weighted by Crippen LogP contribution is -2.55. The van der Waals surface area contributed by atoms with Crippen molar-refractivity contribution < 1.29 is 9.13 Å². The minimum atomic E-state index is -0.281. The summed E-state index contributed by atoms with van der Waals surface area (Å²) in [6.45, 7) is 4.35. The molecule has 3 heteroatoms. The molecule has 2 unspecified atom stereocenters. The topological polar surface area (TPSA) is 35.2 Å². The summed E-state index contributed by atoms with van der Waals surface area (Å²) in [5.74, 6) is 0.403. The summed E-state index contributed by atoms with van der Waals surface area (Å²) in [5, 5.41) is 0. The summed E-state index contributed by atoms with van der Waals surface area (Å²) >= 11 is 0.